The van der Waals surface area contributed by atoms with Gasteiger partial charge in [-0.25, -0.2) is 0 Å². The molecule has 0 aromatic carbocycles. The highest BCUT2D eigenvalue weighted by molar-refractivity contribution is 9.09. The van der Waals surface area contributed by atoms with Crippen molar-refractivity contribution in [3.63, 3.8) is 0 Å². The largest absolute Gasteiger partial charge is 0.458 e. The molecular formula is C7H7BrO2. The van der Waals surface area contributed by atoms with Crippen LogP contribution in [-0.4, -0.2) is 16.9 Å². The molecule has 0 spiro atoms. The Morgan fingerprint density at radius 1 is 1.60 bits per heavy atom. The summed E-state index contributed by atoms with van der Waals surface area (Å²) in [6.45, 7) is 0. The minimum Gasteiger partial charge on any atom is -0.458 e. The van der Waals surface area contributed by atoms with Crippen molar-refractivity contribution < 1.29 is 9.53 Å². The average Bonchev–Trinajstić information content (AvgIpc) is 2.35. The topological polar surface area (TPSA) is 26.3 Å². The van der Waals surface area contributed by atoms with Crippen LogP contribution in [0.2, 0.25) is 0 Å². The highest BCUT2D eigenvalue weighted by Gasteiger charge is 2.40. The van der Waals surface area contributed by atoms with E-state index in [0.717, 1.165) is 0 Å². The Kier molecular flexibility index (Phi) is 1.34. The van der Waals surface area contributed by atoms with Crippen LogP contribution in [0.3, 0.4) is 0 Å². The zero-order valence-electron chi connectivity index (χ0n) is 5.29. The lowest BCUT2D eigenvalue weighted by molar-refractivity contribution is -0.140. The molecule has 0 aromatic heterocycles. The van der Waals surface area contributed by atoms with Gasteiger partial charge in [0.15, 0.2) is 0 Å². The Labute approximate surface area is 67.4 Å². The van der Waals surface area contributed by atoms with Gasteiger partial charge in [0, 0.05) is 10.7 Å². The van der Waals surface area contributed by atoms with E-state index in [1.165, 1.54) is 0 Å². The van der Waals surface area contributed by atoms with E-state index in [4.69, 9.17) is 4.74 Å². The van der Waals surface area contributed by atoms with E-state index in [1.54, 1.807) is 0 Å². The normalized spacial score (nSPS) is 43.7. The van der Waals surface area contributed by atoms with Gasteiger partial charge in [0.25, 0.3) is 0 Å². The van der Waals surface area contributed by atoms with Gasteiger partial charge in [-0.1, -0.05) is 22.0 Å². The summed E-state index contributed by atoms with van der Waals surface area (Å²) in [6, 6.07) is 0. The van der Waals surface area contributed by atoms with E-state index in [0.29, 0.717) is 17.2 Å². The molecule has 3 atom stereocenters. The standard InChI is InChI=1S/C7H7BrO2/c8-5-1-2-6-4(5)3-7(9)10-6/h1-2,4-6H,3H2/t4?,5-,6?/m0/s1. The maximum Gasteiger partial charge on any atom is 0.306 e. The zero-order valence-corrected chi connectivity index (χ0v) is 6.87. The van der Waals surface area contributed by atoms with Crippen molar-refractivity contribution in [3.8, 4) is 0 Å². The molecule has 0 bridgehead atoms. The van der Waals surface area contributed by atoms with Crippen LogP contribution in [0.15, 0.2) is 12.2 Å². The minimum absolute atomic E-state index is 0.0527. The van der Waals surface area contributed by atoms with Crippen LogP contribution in [0.4, 0.5) is 0 Å². The Bertz CT molecular complexity index is 200. The summed E-state index contributed by atoms with van der Waals surface area (Å²) < 4.78 is 5.00. The predicted molar refractivity (Wildman–Crippen MR) is 39.8 cm³/mol. The van der Waals surface area contributed by atoms with Crippen molar-refractivity contribution in [1.82, 2.24) is 0 Å². The number of hydrogen-bond acceptors (Lipinski definition) is 2. The maximum atomic E-state index is 10.7. The summed E-state index contributed by atoms with van der Waals surface area (Å²) in [4.78, 5) is 11.1. The SMILES string of the molecule is O=C1CC2C(C=C[C@@H]2Br)O1. The fourth-order valence-corrected chi connectivity index (χ4v) is 2.09. The van der Waals surface area contributed by atoms with Gasteiger partial charge >= 0.3 is 5.97 Å². The molecule has 0 N–H and O–H groups in total. The Morgan fingerprint density at radius 3 is 3.10 bits per heavy atom. The smallest absolute Gasteiger partial charge is 0.306 e. The molecule has 1 saturated heterocycles. The number of allylic oxidation sites excluding steroid dienone is 1. The fourth-order valence-electron chi connectivity index (χ4n) is 1.43. The monoisotopic (exact) mass is 202 g/mol. The van der Waals surface area contributed by atoms with E-state index in [9.17, 15) is 4.79 Å². The molecule has 10 heavy (non-hydrogen) atoms. The molecule has 1 aliphatic heterocycles. The summed E-state index contributed by atoms with van der Waals surface area (Å²) in [5, 5.41) is 0. The first-order valence-corrected chi connectivity index (χ1v) is 4.21. The molecule has 0 aromatic rings. The van der Waals surface area contributed by atoms with Gasteiger partial charge < -0.3 is 4.74 Å². The van der Waals surface area contributed by atoms with Crippen molar-refractivity contribution in [2.24, 2.45) is 5.92 Å². The lowest BCUT2D eigenvalue weighted by Gasteiger charge is -2.07. The Morgan fingerprint density at radius 2 is 2.40 bits per heavy atom. The molecular weight excluding hydrogens is 196 g/mol. The van der Waals surface area contributed by atoms with E-state index in [2.05, 4.69) is 15.9 Å². The van der Waals surface area contributed by atoms with Gasteiger partial charge in [0.05, 0.1) is 6.42 Å². The van der Waals surface area contributed by atoms with E-state index in [-0.39, 0.29) is 12.1 Å². The quantitative estimate of drug-likeness (QED) is 0.336. The molecule has 3 heteroatoms. The first-order chi connectivity index (χ1) is 4.77. The second kappa shape index (κ2) is 2.09. The number of carbonyl (C=O) groups excluding carboxylic acids is 1. The van der Waals surface area contributed by atoms with Crippen LogP contribution in [0.5, 0.6) is 0 Å². The molecule has 2 aliphatic rings. The van der Waals surface area contributed by atoms with E-state index < -0.39 is 0 Å². The highest BCUT2D eigenvalue weighted by atomic mass is 79.9. The predicted octanol–water partition coefficient (Wildman–Crippen LogP) is 1.25. The van der Waals surface area contributed by atoms with Crippen LogP contribution >= 0.6 is 15.9 Å². The minimum atomic E-state index is -0.0659. The van der Waals surface area contributed by atoms with Crippen molar-refractivity contribution in [2.75, 3.05) is 0 Å². The van der Waals surface area contributed by atoms with E-state index >= 15 is 0 Å². The lowest BCUT2D eigenvalue weighted by atomic mass is 10.0. The molecule has 2 unspecified atom stereocenters. The van der Waals surface area contributed by atoms with Crippen LogP contribution in [0.1, 0.15) is 6.42 Å². The molecule has 54 valence electrons. The molecule has 2 nitrogen and oxygen atoms in total. The first-order valence-electron chi connectivity index (χ1n) is 3.29. The third-order valence-corrected chi connectivity index (χ3v) is 2.97. The highest BCUT2D eigenvalue weighted by Crippen LogP contribution is 2.35. The number of alkyl halides is 1. The number of fused-ring (bicyclic) bond motifs is 1. The number of carbonyl (C=O) groups is 1. The van der Waals surface area contributed by atoms with Gasteiger partial charge in [-0.3, -0.25) is 4.79 Å². The first kappa shape index (κ1) is 6.40. The van der Waals surface area contributed by atoms with Crippen LogP contribution in [0, 0.1) is 5.92 Å². The molecule has 0 radical (unpaired) electrons. The van der Waals surface area contributed by atoms with Crippen molar-refractivity contribution in [2.45, 2.75) is 17.4 Å². The van der Waals surface area contributed by atoms with Gasteiger partial charge in [0.1, 0.15) is 6.10 Å². The van der Waals surface area contributed by atoms with E-state index in [1.807, 2.05) is 12.2 Å². The lowest BCUT2D eigenvalue weighted by Crippen LogP contribution is -2.13. The number of esters is 1. The fraction of sp³-hybridized carbons (Fsp3) is 0.571. The number of rotatable bonds is 0. The average molecular weight is 203 g/mol. The summed E-state index contributed by atoms with van der Waals surface area (Å²) in [7, 11) is 0. The molecule has 2 rings (SSSR count). The van der Waals surface area contributed by atoms with Gasteiger partial charge in [-0.2, -0.15) is 0 Å². The Balaban J connectivity index is 2.19. The van der Waals surface area contributed by atoms with Gasteiger partial charge in [0.2, 0.25) is 0 Å². The molecule has 1 aliphatic carbocycles. The summed E-state index contributed by atoms with van der Waals surface area (Å²) in [6.07, 6.45) is 4.61. The second-order valence-corrected chi connectivity index (χ2v) is 3.71. The zero-order chi connectivity index (χ0) is 7.14. The maximum absolute atomic E-state index is 10.7. The van der Waals surface area contributed by atoms with Crippen molar-refractivity contribution in [3.05, 3.63) is 12.2 Å². The Hall–Kier alpha value is -0.310. The van der Waals surface area contributed by atoms with Crippen molar-refractivity contribution >= 4 is 21.9 Å². The van der Waals surface area contributed by atoms with Gasteiger partial charge in [-0.15, -0.1) is 0 Å². The summed E-state index contributed by atoms with van der Waals surface area (Å²) in [5.41, 5.74) is 0. The number of hydrogen-bond donors (Lipinski definition) is 0. The molecule has 0 saturated carbocycles. The molecule has 1 fully saturated rings. The van der Waals surface area contributed by atoms with Crippen LogP contribution < -0.4 is 0 Å². The summed E-state index contributed by atoms with van der Waals surface area (Å²) >= 11 is 3.45. The summed E-state index contributed by atoms with van der Waals surface area (Å²) in [5.74, 6) is 0.288. The van der Waals surface area contributed by atoms with Crippen LogP contribution in [0.25, 0.3) is 0 Å². The molecule has 1 heterocycles. The molecule has 0 amide bonds. The van der Waals surface area contributed by atoms with Crippen molar-refractivity contribution in [1.29, 1.82) is 0 Å². The van der Waals surface area contributed by atoms with Gasteiger partial charge in [-0.05, 0) is 6.08 Å². The second-order valence-electron chi connectivity index (χ2n) is 2.65. The third-order valence-electron chi connectivity index (χ3n) is 1.99. The van der Waals surface area contributed by atoms with Crippen LogP contribution in [-0.2, 0) is 9.53 Å². The number of ether oxygens (including phenoxy) is 1. The number of halogens is 1. The third kappa shape index (κ3) is 0.804.